The SMILES string of the molecule is CCCCCCc1cc2c(cc1OCc1ccc(OCC3=C(C(=O)O)N4C(=O)[C@H](NC(=O)Cc5ccccc5)C4SC3)cc1)Oc1cc(N(C)c3ccccc3)ccc1C21OC(=O)c2ccccc21. The lowest BCUT2D eigenvalue weighted by Gasteiger charge is -2.49. The molecule has 1 saturated heterocycles. The van der Waals surface area contributed by atoms with Crippen LogP contribution < -0.4 is 24.4 Å². The number of aryl methyl sites for hydroxylation is 1. The van der Waals surface area contributed by atoms with E-state index in [2.05, 4.69) is 23.2 Å². The van der Waals surface area contributed by atoms with Crippen LogP contribution in [0, 0.1) is 0 Å². The van der Waals surface area contributed by atoms with Gasteiger partial charge in [-0.1, -0.05) is 105 Å². The number of benzene rings is 6. The third-order valence-corrected chi connectivity index (χ3v) is 14.6. The number of fused-ring (bicyclic) bond motifs is 7. The van der Waals surface area contributed by atoms with Crippen LogP contribution in [0.5, 0.6) is 23.0 Å². The number of thioether (sulfide) groups is 1. The minimum absolute atomic E-state index is 0.0308. The number of nitrogens with zero attached hydrogens (tertiary/aromatic N) is 2. The Kier molecular flexibility index (Phi) is 12.6. The molecule has 13 heteroatoms. The summed E-state index contributed by atoms with van der Waals surface area (Å²) < 4.78 is 26.1. The fourth-order valence-corrected chi connectivity index (χ4v) is 11.0. The number of carbonyl (C=O) groups excluding carboxylic acids is 3. The van der Waals surface area contributed by atoms with Gasteiger partial charge in [0.15, 0.2) is 5.60 Å². The van der Waals surface area contributed by atoms with E-state index in [0.717, 1.165) is 76.9 Å². The summed E-state index contributed by atoms with van der Waals surface area (Å²) in [6.07, 6.45) is 5.08. The number of amides is 2. The van der Waals surface area contributed by atoms with Gasteiger partial charge in [-0.05, 0) is 78.1 Å². The number of rotatable bonds is 17. The van der Waals surface area contributed by atoms with Gasteiger partial charge in [0.1, 0.15) is 53.3 Å². The molecule has 2 N–H and O–H groups in total. The van der Waals surface area contributed by atoms with Gasteiger partial charge >= 0.3 is 11.9 Å². The molecule has 0 saturated carbocycles. The quantitative estimate of drug-likeness (QED) is 0.0512. The van der Waals surface area contributed by atoms with E-state index in [1.807, 2.05) is 141 Å². The maximum atomic E-state index is 13.7. The Labute approximate surface area is 404 Å². The van der Waals surface area contributed by atoms with Crippen LogP contribution >= 0.6 is 11.8 Å². The molecule has 69 heavy (non-hydrogen) atoms. The predicted octanol–water partition coefficient (Wildman–Crippen LogP) is 10.1. The van der Waals surface area contributed by atoms with Crippen molar-refractivity contribution in [2.24, 2.45) is 0 Å². The molecule has 12 nitrogen and oxygen atoms in total. The number of esters is 1. The largest absolute Gasteiger partial charge is 0.489 e. The summed E-state index contributed by atoms with van der Waals surface area (Å²) in [7, 11) is 2.00. The van der Waals surface area contributed by atoms with E-state index < -0.39 is 28.9 Å². The number of anilines is 2. The minimum atomic E-state index is -1.24. The molecule has 0 bridgehead atoms. The highest BCUT2D eigenvalue weighted by Gasteiger charge is 2.55. The summed E-state index contributed by atoms with van der Waals surface area (Å²) >= 11 is 1.40. The topological polar surface area (TPSA) is 144 Å². The van der Waals surface area contributed by atoms with E-state index >= 15 is 0 Å². The van der Waals surface area contributed by atoms with Crippen molar-refractivity contribution in [2.45, 2.75) is 69.1 Å². The first-order valence-corrected chi connectivity index (χ1v) is 24.4. The average Bonchev–Trinajstić information content (AvgIpc) is 3.67. The first-order valence-electron chi connectivity index (χ1n) is 23.3. The number of ether oxygens (including phenoxy) is 4. The number of nitrogens with one attached hydrogen (secondary N) is 1. The number of aliphatic carboxylic acids is 1. The number of carboxylic acids is 1. The van der Waals surface area contributed by atoms with Crippen LogP contribution in [-0.4, -0.2) is 64.6 Å². The number of β-lactam (4-membered cyclic amide) rings is 1. The van der Waals surface area contributed by atoms with Crippen molar-refractivity contribution in [3.63, 3.8) is 0 Å². The smallest absolute Gasteiger partial charge is 0.352 e. The van der Waals surface area contributed by atoms with Gasteiger partial charge in [-0.2, -0.15) is 0 Å². The second-order valence-corrected chi connectivity index (χ2v) is 18.8. The van der Waals surface area contributed by atoms with Crippen LogP contribution in [0.1, 0.15) is 76.3 Å². The molecule has 2 unspecified atom stereocenters. The molecule has 2 amide bonds. The number of hydrogen-bond donors (Lipinski definition) is 2. The molecule has 6 aromatic rings. The second-order valence-electron chi connectivity index (χ2n) is 17.7. The van der Waals surface area contributed by atoms with Gasteiger partial charge in [0, 0.05) is 58.6 Å². The highest BCUT2D eigenvalue weighted by Crippen LogP contribution is 2.58. The molecule has 3 atom stereocenters. The van der Waals surface area contributed by atoms with Crippen molar-refractivity contribution in [1.29, 1.82) is 0 Å². The van der Waals surface area contributed by atoms with Crippen molar-refractivity contribution in [1.82, 2.24) is 10.2 Å². The molecule has 6 aromatic carbocycles. The zero-order chi connectivity index (χ0) is 47.6. The van der Waals surface area contributed by atoms with Crippen LogP contribution in [0.15, 0.2) is 151 Å². The van der Waals surface area contributed by atoms with Crippen LogP contribution in [-0.2, 0) is 44.2 Å². The molecule has 4 heterocycles. The summed E-state index contributed by atoms with van der Waals surface area (Å²) in [6.45, 7) is 2.39. The van der Waals surface area contributed by atoms with Crippen molar-refractivity contribution in [3.8, 4) is 23.0 Å². The zero-order valence-corrected chi connectivity index (χ0v) is 39.1. The molecule has 350 valence electrons. The van der Waals surface area contributed by atoms with Gasteiger partial charge in [-0.3, -0.25) is 14.5 Å². The second kappa shape index (κ2) is 19.2. The van der Waals surface area contributed by atoms with Gasteiger partial charge < -0.3 is 34.3 Å². The van der Waals surface area contributed by atoms with Crippen molar-refractivity contribution in [3.05, 3.63) is 190 Å². The fourth-order valence-electron chi connectivity index (χ4n) is 9.63. The molecular formula is C56H51N3O9S. The van der Waals surface area contributed by atoms with Gasteiger partial charge in [0.2, 0.25) is 5.91 Å². The molecular weight excluding hydrogens is 891 g/mol. The molecule has 4 aliphatic heterocycles. The monoisotopic (exact) mass is 941 g/mol. The van der Waals surface area contributed by atoms with Crippen molar-refractivity contribution < 1.29 is 43.2 Å². The van der Waals surface area contributed by atoms with Gasteiger partial charge in [0.05, 0.1) is 12.0 Å². The lowest BCUT2D eigenvalue weighted by molar-refractivity contribution is -0.150. The number of carboxylic acid groups (broad SMARTS) is 1. The molecule has 1 spiro atoms. The minimum Gasteiger partial charge on any atom is -0.489 e. The summed E-state index contributed by atoms with van der Waals surface area (Å²) in [4.78, 5) is 55.6. The first kappa shape index (κ1) is 45.3. The van der Waals surface area contributed by atoms with E-state index in [1.165, 1.54) is 16.7 Å². The fraction of sp³-hybridized carbons (Fsp3) is 0.250. The maximum Gasteiger partial charge on any atom is 0.352 e. The Morgan fingerprint density at radius 2 is 1.52 bits per heavy atom. The number of unbranched alkanes of at least 4 members (excludes halogenated alkanes) is 3. The summed E-state index contributed by atoms with van der Waals surface area (Å²) in [5, 5.41) is 12.5. The van der Waals surface area contributed by atoms with E-state index in [4.69, 9.17) is 18.9 Å². The maximum absolute atomic E-state index is 13.7. The predicted molar refractivity (Wildman–Crippen MR) is 263 cm³/mol. The van der Waals surface area contributed by atoms with E-state index in [1.54, 1.807) is 0 Å². The van der Waals surface area contributed by atoms with Crippen LogP contribution in [0.25, 0.3) is 0 Å². The summed E-state index contributed by atoms with van der Waals surface area (Å²) in [5.41, 5.74) is 6.50. The summed E-state index contributed by atoms with van der Waals surface area (Å²) in [6, 6.07) is 43.5. The van der Waals surface area contributed by atoms with E-state index in [0.29, 0.717) is 39.9 Å². The lowest BCUT2D eigenvalue weighted by Crippen LogP contribution is -2.70. The third kappa shape index (κ3) is 8.67. The molecule has 0 aromatic heterocycles. The van der Waals surface area contributed by atoms with Gasteiger partial charge in [-0.15, -0.1) is 11.8 Å². The molecule has 10 rings (SSSR count). The third-order valence-electron chi connectivity index (χ3n) is 13.2. The normalized spacial score (nSPS) is 18.5. The van der Waals surface area contributed by atoms with E-state index in [9.17, 15) is 24.3 Å². The standard InChI is InChI=1S/C56H51N3O9S/c1-3-4-5-10-17-37-29-45-48(67-47-30-40(58(2)39-18-11-7-12-19-39)24-27-44(47)56(45)43-21-14-13-20-42(43)55(64)68-56)31-46(37)66-32-36-22-25-41(26-23-36)65-33-38-34-69-53-50(52(61)59(53)51(38)54(62)63)57-49(60)28-35-15-8-6-9-16-35/h6-9,11-16,18-27,29-31,50,53H,3-5,10,17,28,32-34H2,1-2H3,(H,57,60)(H,62,63)/t50-,53?,56?/m0/s1. The van der Waals surface area contributed by atoms with Crippen LogP contribution in [0.2, 0.25) is 0 Å². The molecule has 1 fully saturated rings. The number of carbonyl (C=O) groups is 4. The van der Waals surface area contributed by atoms with Crippen LogP contribution in [0.4, 0.5) is 11.4 Å². The average molecular weight is 942 g/mol. The zero-order valence-electron chi connectivity index (χ0n) is 38.3. The van der Waals surface area contributed by atoms with Crippen molar-refractivity contribution in [2.75, 3.05) is 24.3 Å². The highest BCUT2D eigenvalue weighted by atomic mass is 32.2. The van der Waals surface area contributed by atoms with Crippen LogP contribution in [0.3, 0.4) is 0 Å². The lowest BCUT2D eigenvalue weighted by atomic mass is 9.77. The number of para-hydroxylation sites is 1. The van der Waals surface area contributed by atoms with E-state index in [-0.39, 0.29) is 37.2 Å². The highest BCUT2D eigenvalue weighted by molar-refractivity contribution is 8.00. The van der Waals surface area contributed by atoms with Gasteiger partial charge in [-0.25, -0.2) is 9.59 Å². The number of hydrogen-bond acceptors (Lipinski definition) is 10. The molecule has 0 aliphatic carbocycles. The summed E-state index contributed by atoms with van der Waals surface area (Å²) in [5.74, 6) is 0.257. The Morgan fingerprint density at radius 3 is 2.29 bits per heavy atom. The van der Waals surface area contributed by atoms with Gasteiger partial charge in [0.25, 0.3) is 5.91 Å². The first-order chi connectivity index (χ1) is 33.6. The Hall–Kier alpha value is -7.51. The molecule has 0 radical (unpaired) electrons. The van der Waals surface area contributed by atoms with Crippen molar-refractivity contribution >= 4 is 46.9 Å². The Morgan fingerprint density at radius 1 is 0.783 bits per heavy atom. The molecule has 4 aliphatic rings. The Bertz CT molecular complexity index is 2980. The Balaban J connectivity index is 0.873.